The smallest absolute Gasteiger partial charge is 0.264 e. The third kappa shape index (κ3) is 5.87. The van der Waals surface area contributed by atoms with E-state index in [-0.39, 0.29) is 15.5 Å². The number of amides is 1. The summed E-state index contributed by atoms with van der Waals surface area (Å²) < 4.78 is 66.7. The Labute approximate surface area is 228 Å². The maximum Gasteiger partial charge on any atom is 0.264 e. The summed E-state index contributed by atoms with van der Waals surface area (Å²) in [6.07, 6.45) is 2.68. The van der Waals surface area contributed by atoms with Gasteiger partial charge in [-0.3, -0.25) is 9.10 Å². The van der Waals surface area contributed by atoms with Crippen LogP contribution in [0.1, 0.15) is 19.3 Å². The molecule has 1 N–H and O–H groups in total. The summed E-state index contributed by atoms with van der Waals surface area (Å²) in [6.45, 7) is 1.17. The molecule has 0 spiro atoms. The summed E-state index contributed by atoms with van der Waals surface area (Å²) in [7, 11) is -7.72. The molecule has 12 heteroatoms. The molecule has 5 rings (SSSR count). The molecule has 2 heterocycles. The van der Waals surface area contributed by atoms with Gasteiger partial charge in [0, 0.05) is 24.8 Å². The van der Waals surface area contributed by atoms with Gasteiger partial charge in [0.1, 0.15) is 19.8 Å². The van der Waals surface area contributed by atoms with Crippen molar-refractivity contribution >= 4 is 37.3 Å². The second-order valence-corrected chi connectivity index (χ2v) is 13.0. The number of hydrogen-bond acceptors (Lipinski definition) is 7. The van der Waals surface area contributed by atoms with E-state index in [0.29, 0.717) is 43.5 Å². The van der Waals surface area contributed by atoms with E-state index < -0.39 is 32.5 Å². The zero-order chi connectivity index (χ0) is 27.5. The van der Waals surface area contributed by atoms with Crippen molar-refractivity contribution in [3.05, 3.63) is 72.8 Å². The highest BCUT2D eigenvalue weighted by molar-refractivity contribution is 7.92. The highest BCUT2D eigenvalue weighted by atomic mass is 32.2. The number of carbonyl (C=O) groups is 1. The molecular formula is C27H29N3O7S2. The number of anilines is 2. The van der Waals surface area contributed by atoms with Crippen molar-refractivity contribution in [3.8, 4) is 11.5 Å². The van der Waals surface area contributed by atoms with Crippen LogP contribution in [0.3, 0.4) is 0 Å². The summed E-state index contributed by atoms with van der Waals surface area (Å²) in [5.74, 6) is 0.278. The molecule has 0 radical (unpaired) electrons. The Morgan fingerprint density at radius 1 is 0.795 bits per heavy atom. The average molecular weight is 572 g/mol. The monoisotopic (exact) mass is 571 g/mol. The minimum absolute atomic E-state index is 0.0277. The van der Waals surface area contributed by atoms with E-state index in [1.807, 2.05) is 0 Å². The van der Waals surface area contributed by atoms with Gasteiger partial charge in [0.2, 0.25) is 15.9 Å². The third-order valence-electron chi connectivity index (χ3n) is 6.52. The van der Waals surface area contributed by atoms with Crippen molar-refractivity contribution in [3.63, 3.8) is 0 Å². The highest BCUT2D eigenvalue weighted by Gasteiger charge is 2.29. The third-order valence-corrected chi connectivity index (χ3v) is 10.2. The van der Waals surface area contributed by atoms with Crippen LogP contribution < -0.4 is 19.1 Å². The Morgan fingerprint density at radius 3 is 2.15 bits per heavy atom. The number of rotatable bonds is 8. The van der Waals surface area contributed by atoms with Gasteiger partial charge in [-0.2, -0.15) is 4.31 Å². The minimum atomic E-state index is -4.12. The van der Waals surface area contributed by atoms with Crippen LogP contribution in [-0.4, -0.2) is 59.9 Å². The average Bonchev–Trinajstić information content (AvgIpc) is 2.97. The summed E-state index contributed by atoms with van der Waals surface area (Å²) >= 11 is 0. The molecule has 1 saturated heterocycles. The molecule has 3 aromatic rings. The van der Waals surface area contributed by atoms with Gasteiger partial charge in [0.25, 0.3) is 10.0 Å². The predicted octanol–water partition coefficient (Wildman–Crippen LogP) is 3.47. The van der Waals surface area contributed by atoms with Crippen LogP contribution >= 0.6 is 0 Å². The van der Waals surface area contributed by atoms with E-state index in [9.17, 15) is 21.6 Å². The molecule has 0 aliphatic carbocycles. The van der Waals surface area contributed by atoms with E-state index in [4.69, 9.17) is 9.47 Å². The van der Waals surface area contributed by atoms with E-state index in [0.717, 1.165) is 23.6 Å². The molecule has 2 aliphatic rings. The molecule has 0 unspecified atom stereocenters. The zero-order valence-electron chi connectivity index (χ0n) is 21.2. The molecule has 39 heavy (non-hydrogen) atoms. The maximum atomic E-state index is 13.6. The normalized spacial score (nSPS) is 15.9. The molecule has 0 saturated carbocycles. The molecule has 0 aromatic heterocycles. The molecule has 1 amide bonds. The van der Waals surface area contributed by atoms with Crippen LogP contribution in [0.2, 0.25) is 0 Å². The SMILES string of the molecule is O=C(CN(c1ccc2c(c1)OCCO2)S(=O)(=O)c1ccccc1)Nc1ccc(S(=O)(=O)N2CCCCC2)cc1. The van der Waals surface area contributed by atoms with Crippen molar-refractivity contribution in [2.45, 2.75) is 29.1 Å². The topological polar surface area (TPSA) is 122 Å². The number of benzene rings is 3. The molecule has 10 nitrogen and oxygen atoms in total. The van der Waals surface area contributed by atoms with E-state index >= 15 is 0 Å². The van der Waals surface area contributed by atoms with Crippen LogP contribution in [0.25, 0.3) is 0 Å². The van der Waals surface area contributed by atoms with Gasteiger partial charge in [-0.05, 0) is 61.4 Å². The second-order valence-electron chi connectivity index (χ2n) is 9.19. The number of sulfonamides is 2. The molecule has 0 bridgehead atoms. The molecule has 1 fully saturated rings. The number of nitrogens with one attached hydrogen (secondary N) is 1. The minimum Gasteiger partial charge on any atom is -0.486 e. The van der Waals surface area contributed by atoms with Crippen molar-refractivity contribution < 1.29 is 31.1 Å². The fourth-order valence-corrected chi connectivity index (χ4v) is 7.47. The first kappa shape index (κ1) is 27.0. The highest BCUT2D eigenvalue weighted by Crippen LogP contribution is 2.35. The van der Waals surface area contributed by atoms with Crippen molar-refractivity contribution in [2.24, 2.45) is 0 Å². The Balaban J connectivity index is 1.37. The number of carbonyl (C=O) groups excluding carboxylic acids is 1. The van der Waals surface area contributed by atoms with E-state index in [2.05, 4.69) is 5.32 Å². The number of nitrogens with zero attached hydrogens (tertiary/aromatic N) is 2. The molecule has 0 atom stereocenters. The zero-order valence-corrected chi connectivity index (χ0v) is 22.8. The first-order valence-electron chi connectivity index (χ1n) is 12.6. The van der Waals surface area contributed by atoms with Crippen LogP contribution in [0.5, 0.6) is 11.5 Å². The lowest BCUT2D eigenvalue weighted by atomic mass is 10.2. The fraction of sp³-hybridized carbons (Fsp3) is 0.296. The van der Waals surface area contributed by atoms with Gasteiger partial charge in [-0.15, -0.1) is 0 Å². The lowest BCUT2D eigenvalue weighted by molar-refractivity contribution is -0.114. The lowest BCUT2D eigenvalue weighted by Crippen LogP contribution is -2.38. The van der Waals surface area contributed by atoms with E-state index in [1.54, 1.807) is 30.3 Å². The second kappa shape index (κ2) is 11.2. The van der Waals surface area contributed by atoms with Gasteiger partial charge in [-0.25, -0.2) is 16.8 Å². The lowest BCUT2D eigenvalue weighted by Gasteiger charge is -2.26. The van der Waals surface area contributed by atoms with Gasteiger partial charge < -0.3 is 14.8 Å². The Bertz CT molecular complexity index is 1540. The first-order valence-corrected chi connectivity index (χ1v) is 15.5. The standard InChI is InChI=1S/C27H29N3O7S2/c31-27(28-21-9-12-24(13-10-21)38(32,33)29-15-5-2-6-16-29)20-30(39(34,35)23-7-3-1-4-8-23)22-11-14-25-26(19-22)37-18-17-36-25/h1,3-4,7-14,19H,2,5-6,15-18,20H2,(H,28,31). The molecule has 2 aliphatic heterocycles. The number of ether oxygens (including phenoxy) is 2. The van der Waals surface area contributed by atoms with Crippen LogP contribution in [-0.2, 0) is 24.8 Å². The largest absolute Gasteiger partial charge is 0.486 e. The predicted molar refractivity (Wildman–Crippen MR) is 146 cm³/mol. The van der Waals surface area contributed by atoms with Gasteiger partial charge in [-0.1, -0.05) is 24.6 Å². The van der Waals surface area contributed by atoms with Crippen molar-refractivity contribution in [2.75, 3.05) is 42.5 Å². The van der Waals surface area contributed by atoms with Crippen LogP contribution in [0.15, 0.2) is 82.6 Å². The Hall–Kier alpha value is -3.61. The molecular weight excluding hydrogens is 542 g/mol. The number of hydrogen-bond donors (Lipinski definition) is 1. The van der Waals surface area contributed by atoms with Crippen LogP contribution in [0.4, 0.5) is 11.4 Å². The van der Waals surface area contributed by atoms with Crippen molar-refractivity contribution in [1.82, 2.24) is 4.31 Å². The number of fused-ring (bicyclic) bond motifs is 1. The van der Waals surface area contributed by atoms with Crippen molar-refractivity contribution in [1.29, 1.82) is 0 Å². The Morgan fingerprint density at radius 2 is 1.46 bits per heavy atom. The summed E-state index contributed by atoms with van der Waals surface area (Å²) in [4.78, 5) is 13.3. The quantitative estimate of drug-likeness (QED) is 0.439. The van der Waals surface area contributed by atoms with E-state index in [1.165, 1.54) is 46.8 Å². The molecule has 206 valence electrons. The molecule has 3 aromatic carbocycles. The fourth-order valence-electron chi connectivity index (χ4n) is 4.52. The van der Waals surface area contributed by atoms with Gasteiger partial charge in [0.05, 0.1) is 15.5 Å². The maximum absolute atomic E-state index is 13.6. The van der Waals surface area contributed by atoms with Gasteiger partial charge in [0.15, 0.2) is 11.5 Å². The van der Waals surface area contributed by atoms with Gasteiger partial charge >= 0.3 is 0 Å². The summed E-state index contributed by atoms with van der Waals surface area (Å²) in [5.41, 5.74) is 0.582. The number of piperidine rings is 1. The summed E-state index contributed by atoms with van der Waals surface area (Å²) in [5, 5.41) is 2.68. The Kier molecular flexibility index (Phi) is 7.78. The first-order chi connectivity index (χ1) is 18.7. The summed E-state index contributed by atoms with van der Waals surface area (Å²) in [6, 6.07) is 18.4. The van der Waals surface area contributed by atoms with Crippen LogP contribution in [0, 0.1) is 0 Å².